The summed E-state index contributed by atoms with van der Waals surface area (Å²) < 4.78 is 0. The highest BCUT2D eigenvalue weighted by Crippen LogP contribution is 2.14. The third-order valence-electron chi connectivity index (χ3n) is 2.47. The molecule has 1 unspecified atom stereocenters. The average Bonchev–Trinajstić information content (AvgIpc) is 2.06. The maximum atomic E-state index is 10.5. The van der Waals surface area contributed by atoms with Gasteiger partial charge in [0, 0.05) is 6.04 Å². The molecule has 1 saturated heterocycles. The van der Waals surface area contributed by atoms with Gasteiger partial charge >= 0.3 is 5.97 Å². The lowest BCUT2D eigenvalue weighted by molar-refractivity contribution is -0.141. The first-order valence-electron chi connectivity index (χ1n) is 4.66. The molecule has 0 bridgehead atoms. The monoisotopic (exact) mass is 171 g/mol. The van der Waals surface area contributed by atoms with Crippen molar-refractivity contribution in [3.8, 4) is 0 Å². The lowest BCUT2D eigenvalue weighted by Gasteiger charge is -2.24. The number of rotatable bonds is 3. The SMILES string of the molecule is C[C@@H](CC1CCCCN1)C(=O)O. The van der Waals surface area contributed by atoms with E-state index in [0.717, 1.165) is 19.4 Å². The summed E-state index contributed by atoms with van der Waals surface area (Å²) in [6.07, 6.45) is 4.38. The molecule has 0 amide bonds. The van der Waals surface area contributed by atoms with E-state index in [4.69, 9.17) is 5.11 Å². The Morgan fingerprint density at radius 2 is 2.42 bits per heavy atom. The Morgan fingerprint density at radius 1 is 1.67 bits per heavy atom. The second-order valence-electron chi connectivity index (χ2n) is 3.62. The van der Waals surface area contributed by atoms with Crippen molar-refractivity contribution in [2.75, 3.05) is 6.54 Å². The van der Waals surface area contributed by atoms with E-state index in [-0.39, 0.29) is 5.92 Å². The van der Waals surface area contributed by atoms with Crippen LogP contribution in [0.15, 0.2) is 0 Å². The van der Waals surface area contributed by atoms with Gasteiger partial charge in [0.15, 0.2) is 0 Å². The molecule has 0 aliphatic carbocycles. The number of nitrogens with one attached hydrogen (secondary N) is 1. The first-order valence-corrected chi connectivity index (χ1v) is 4.66. The fraction of sp³-hybridized carbons (Fsp3) is 0.889. The van der Waals surface area contributed by atoms with Gasteiger partial charge in [-0.05, 0) is 25.8 Å². The minimum absolute atomic E-state index is 0.208. The first-order chi connectivity index (χ1) is 5.70. The van der Waals surface area contributed by atoms with Crippen molar-refractivity contribution in [2.45, 2.75) is 38.6 Å². The molecular weight excluding hydrogens is 154 g/mol. The Bertz CT molecular complexity index is 153. The Balaban J connectivity index is 2.24. The van der Waals surface area contributed by atoms with Crippen LogP contribution in [0.5, 0.6) is 0 Å². The van der Waals surface area contributed by atoms with Gasteiger partial charge < -0.3 is 10.4 Å². The van der Waals surface area contributed by atoms with Crippen LogP contribution in [0, 0.1) is 5.92 Å². The molecule has 3 nitrogen and oxygen atoms in total. The lowest BCUT2D eigenvalue weighted by atomic mass is 9.95. The van der Waals surface area contributed by atoms with Crippen molar-refractivity contribution in [1.29, 1.82) is 0 Å². The van der Waals surface area contributed by atoms with Crippen molar-refractivity contribution in [3.05, 3.63) is 0 Å². The zero-order valence-corrected chi connectivity index (χ0v) is 7.55. The highest BCUT2D eigenvalue weighted by atomic mass is 16.4. The molecule has 1 rings (SSSR count). The van der Waals surface area contributed by atoms with E-state index in [1.54, 1.807) is 6.92 Å². The molecule has 1 heterocycles. The smallest absolute Gasteiger partial charge is 0.306 e. The summed E-state index contributed by atoms with van der Waals surface area (Å²) in [5, 5.41) is 12.0. The van der Waals surface area contributed by atoms with Crippen LogP contribution in [0.2, 0.25) is 0 Å². The van der Waals surface area contributed by atoms with Crippen molar-refractivity contribution in [2.24, 2.45) is 5.92 Å². The molecule has 0 saturated carbocycles. The normalized spacial score (nSPS) is 26.6. The van der Waals surface area contributed by atoms with Crippen LogP contribution in [0.3, 0.4) is 0 Å². The van der Waals surface area contributed by atoms with Crippen molar-refractivity contribution >= 4 is 5.97 Å². The number of carbonyl (C=O) groups is 1. The van der Waals surface area contributed by atoms with Crippen molar-refractivity contribution in [3.63, 3.8) is 0 Å². The molecule has 0 aromatic heterocycles. The third kappa shape index (κ3) is 2.81. The zero-order valence-electron chi connectivity index (χ0n) is 7.55. The second kappa shape index (κ2) is 4.45. The molecule has 0 radical (unpaired) electrons. The molecule has 1 aliphatic heterocycles. The molecule has 0 aromatic rings. The minimum Gasteiger partial charge on any atom is -0.481 e. The highest BCUT2D eigenvalue weighted by Gasteiger charge is 2.19. The van der Waals surface area contributed by atoms with E-state index in [1.165, 1.54) is 12.8 Å². The van der Waals surface area contributed by atoms with E-state index in [1.807, 2.05) is 0 Å². The molecule has 12 heavy (non-hydrogen) atoms. The largest absolute Gasteiger partial charge is 0.481 e. The van der Waals surface area contributed by atoms with Crippen LogP contribution in [0.25, 0.3) is 0 Å². The standard InChI is InChI=1S/C9H17NO2/c1-7(9(11)12)6-8-4-2-3-5-10-8/h7-8,10H,2-6H2,1H3,(H,11,12)/t7-,8?/m0/s1. The first kappa shape index (κ1) is 9.52. The topological polar surface area (TPSA) is 49.3 Å². The maximum Gasteiger partial charge on any atom is 0.306 e. The third-order valence-corrected chi connectivity index (χ3v) is 2.47. The molecule has 2 atom stereocenters. The number of hydrogen-bond acceptors (Lipinski definition) is 2. The molecule has 0 spiro atoms. The van der Waals surface area contributed by atoms with Gasteiger partial charge in [0.25, 0.3) is 0 Å². The van der Waals surface area contributed by atoms with Crippen LogP contribution < -0.4 is 5.32 Å². The van der Waals surface area contributed by atoms with E-state index < -0.39 is 5.97 Å². The van der Waals surface area contributed by atoms with Crippen molar-refractivity contribution in [1.82, 2.24) is 5.32 Å². The zero-order chi connectivity index (χ0) is 8.97. The summed E-state index contributed by atoms with van der Waals surface area (Å²) in [7, 11) is 0. The summed E-state index contributed by atoms with van der Waals surface area (Å²) in [5.41, 5.74) is 0. The predicted molar refractivity (Wildman–Crippen MR) is 47.1 cm³/mol. The molecule has 70 valence electrons. The fourth-order valence-electron chi connectivity index (χ4n) is 1.65. The van der Waals surface area contributed by atoms with Gasteiger partial charge in [0.1, 0.15) is 0 Å². The van der Waals surface area contributed by atoms with Gasteiger partial charge in [0.05, 0.1) is 5.92 Å². The molecule has 1 aliphatic rings. The predicted octanol–water partition coefficient (Wildman–Crippen LogP) is 1.24. The van der Waals surface area contributed by atoms with E-state index in [0.29, 0.717) is 6.04 Å². The summed E-state index contributed by atoms with van der Waals surface area (Å²) in [4.78, 5) is 10.5. The van der Waals surface area contributed by atoms with E-state index >= 15 is 0 Å². The van der Waals surface area contributed by atoms with Crippen LogP contribution in [-0.2, 0) is 4.79 Å². The van der Waals surface area contributed by atoms with Crippen molar-refractivity contribution < 1.29 is 9.90 Å². The second-order valence-corrected chi connectivity index (χ2v) is 3.62. The van der Waals surface area contributed by atoms with Crippen LogP contribution in [-0.4, -0.2) is 23.7 Å². The van der Waals surface area contributed by atoms with Gasteiger partial charge in [-0.15, -0.1) is 0 Å². The van der Waals surface area contributed by atoms with Crippen LogP contribution in [0.1, 0.15) is 32.6 Å². The van der Waals surface area contributed by atoms with Crippen LogP contribution in [0.4, 0.5) is 0 Å². The summed E-state index contributed by atoms with van der Waals surface area (Å²) >= 11 is 0. The Labute approximate surface area is 73.2 Å². The lowest BCUT2D eigenvalue weighted by Crippen LogP contribution is -2.36. The number of carboxylic acid groups (broad SMARTS) is 1. The number of hydrogen-bond donors (Lipinski definition) is 2. The number of aliphatic carboxylic acids is 1. The molecule has 2 N–H and O–H groups in total. The molecule has 0 aromatic carbocycles. The van der Waals surface area contributed by atoms with E-state index in [9.17, 15) is 4.79 Å². The molecular formula is C9H17NO2. The summed E-state index contributed by atoms with van der Waals surface area (Å²) in [6.45, 7) is 2.83. The quantitative estimate of drug-likeness (QED) is 0.671. The van der Waals surface area contributed by atoms with Gasteiger partial charge in [-0.3, -0.25) is 4.79 Å². The van der Waals surface area contributed by atoms with Gasteiger partial charge in [-0.2, -0.15) is 0 Å². The van der Waals surface area contributed by atoms with E-state index in [2.05, 4.69) is 5.32 Å². The van der Waals surface area contributed by atoms with Gasteiger partial charge in [-0.25, -0.2) is 0 Å². The minimum atomic E-state index is -0.678. The fourth-order valence-corrected chi connectivity index (χ4v) is 1.65. The highest BCUT2D eigenvalue weighted by molar-refractivity contribution is 5.69. The molecule has 1 fully saturated rings. The molecule has 3 heteroatoms. The maximum absolute atomic E-state index is 10.5. The average molecular weight is 171 g/mol. The number of piperidine rings is 1. The number of carboxylic acids is 1. The van der Waals surface area contributed by atoms with Gasteiger partial charge in [-0.1, -0.05) is 13.3 Å². The van der Waals surface area contributed by atoms with Crippen LogP contribution >= 0.6 is 0 Å². The summed E-state index contributed by atoms with van der Waals surface area (Å²) in [5.74, 6) is -0.886. The Hall–Kier alpha value is -0.570. The summed E-state index contributed by atoms with van der Waals surface area (Å²) in [6, 6.07) is 0.435. The Morgan fingerprint density at radius 3 is 2.92 bits per heavy atom. The Kier molecular flexibility index (Phi) is 3.53. The van der Waals surface area contributed by atoms with Gasteiger partial charge in [0.2, 0.25) is 0 Å².